The van der Waals surface area contributed by atoms with Crippen LogP contribution in [0.5, 0.6) is 0 Å². The van der Waals surface area contributed by atoms with Gasteiger partial charge in [0.1, 0.15) is 0 Å². The van der Waals surface area contributed by atoms with Gasteiger partial charge >= 0.3 is 30.7 Å². The fraction of sp³-hybridized carbons (Fsp3) is 0.794. The molecule has 6 unspecified atom stereocenters. The second kappa shape index (κ2) is 16.0. The predicted molar refractivity (Wildman–Crippen MR) is 163 cm³/mol. The van der Waals surface area contributed by atoms with Crippen LogP contribution in [0, 0.1) is 23.2 Å². The summed E-state index contributed by atoms with van der Waals surface area (Å²) >= 11 is 0. The number of rotatable bonds is 8. The topological polar surface area (TPSA) is 87.0 Å². The molecule has 3 N–H and O–H groups in total. The molecule has 1 aromatic rings. The van der Waals surface area contributed by atoms with Gasteiger partial charge in [-0.05, 0) is 113 Å². The number of fused-ring (bicyclic) bond motifs is 2. The Balaban J connectivity index is 0.000000422. The Morgan fingerprint density at radius 1 is 0.745 bits per heavy atom. The van der Waals surface area contributed by atoms with E-state index >= 15 is 0 Å². The second-order valence-corrected chi connectivity index (χ2v) is 14.5. The van der Waals surface area contributed by atoms with E-state index < -0.39 is 65.0 Å². The molecule has 2 bridgehead atoms. The van der Waals surface area contributed by atoms with E-state index in [0.29, 0.717) is 45.6 Å². The summed E-state index contributed by atoms with van der Waals surface area (Å²) in [7, 11) is 1.42. The molecule has 5 nitrogen and oxygen atoms in total. The number of alkyl halides is 12. The third kappa shape index (κ3) is 10.7. The molecular weight excluding hydrogens is 716 g/mol. The van der Waals surface area contributed by atoms with E-state index in [1.165, 1.54) is 7.11 Å². The van der Waals surface area contributed by atoms with Crippen LogP contribution in [0.15, 0.2) is 18.2 Å². The van der Waals surface area contributed by atoms with Gasteiger partial charge in [-0.2, -0.15) is 52.7 Å². The maximum Gasteiger partial charge on any atom is 0.426 e. The number of aliphatic hydroxyl groups is 3. The van der Waals surface area contributed by atoms with Crippen molar-refractivity contribution < 1.29 is 77.5 Å². The summed E-state index contributed by atoms with van der Waals surface area (Å²) in [5, 5.41) is 28.7. The molecule has 1 aromatic carbocycles. The first-order valence-electron chi connectivity index (χ1n) is 16.3. The van der Waals surface area contributed by atoms with Crippen LogP contribution in [0.2, 0.25) is 0 Å². The predicted octanol–water partition coefficient (Wildman–Crippen LogP) is 10.0. The maximum absolute atomic E-state index is 13.1. The molecule has 2 fully saturated rings. The Morgan fingerprint density at radius 3 is 1.43 bits per heavy atom. The molecule has 298 valence electrons. The molecule has 17 heteroatoms. The lowest BCUT2D eigenvalue weighted by Crippen LogP contribution is -2.58. The molecule has 2 aliphatic carbocycles. The normalized spacial score (nSPS) is 22.8. The number of carbonyl (C=O) groups is 1. The zero-order valence-corrected chi connectivity index (χ0v) is 29.7. The third-order valence-corrected chi connectivity index (χ3v) is 10.4. The fourth-order valence-corrected chi connectivity index (χ4v) is 5.88. The molecular formula is C34H48F12O5. The van der Waals surface area contributed by atoms with Crippen LogP contribution in [0.3, 0.4) is 0 Å². The van der Waals surface area contributed by atoms with Gasteiger partial charge in [0, 0.05) is 0 Å². The average Bonchev–Trinajstić information content (AvgIpc) is 3.62. The molecule has 0 amide bonds. The van der Waals surface area contributed by atoms with Gasteiger partial charge in [-0.1, -0.05) is 39.3 Å². The van der Waals surface area contributed by atoms with Gasteiger partial charge in [-0.25, -0.2) is 0 Å². The van der Waals surface area contributed by atoms with Crippen LogP contribution in [0.4, 0.5) is 52.7 Å². The van der Waals surface area contributed by atoms with Gasteiger partial charge in [0.15, 0.2) is 11.2 Å². The summed E-state index contributed by atoms with van der Waals surface area (Å²) in [6.07, 6.45) is -18.8. The van der Waals surface area contributed by atoms with E-state index in [0.717, 1.165) is 25.0 Å². The summed E-state index contributed by atoms with van der Waals surface area (Å²) in [6, 6.07) is 2.60. The molecule has 0 radical (unpaired) electrons. The zero-order valence-electron chi connectivity index (χ0n) is 29.7. The molecule has 3 rings (SSSR count). The molecule has 51 heavy (non-hydrogen) atoms. The Labute approximate surface area is 289 Å². The van der Waals surface area contributed by atoms with Crippen molar-refractivity contribution in [2.24, 2.45) is 23.2 Å². The molecule has 2 aliphatic rings. The lowest BCUT2D eigenvalue weighted by Gasteiger charge is -2.36. The minimum Gasteiger partial charge on any atom is -0.469 e. The highest BCUT2D eigenvalue weighted by molar-refractivity contribution is 5.75. The van der Waals surface area contributed by atoms with E-state index in [1.807, 2.05) is 20.8 Å². The molecule has 0 saturated heterocycles. The monoisotopic (exact) mass is 764 g/mol. The molecule has 0 aromatic heterocycles. The van der Waals surface area contributed by atoms with Gasteiger partial charge < -0.3 is 20.1 Å². The number of hydrogen-bond acceptors (Lipinski definition) is 5. The molecule has 0 aliphatic heterocycles. The van der Waals surface area contributed by atoms with E-state index in [1.54, 1.807) is 13.8 Å². The first-order chi connectivity index (χ1) is 22.6. The highest BCUT2D eigenvalue weighted by Gasteiger charge is 2.71. The Bertz CT molecular complexity index is 1240. The highest BCUT2D eigenvalue weighted by Crippen LogP contribution is 2.55. The van der Waals surface area contributed by atoms with Crippen LogP contribution < -0.4 is 0 Å². The number of ether oxygens (including phenoxy) is 1. The molecule has 2 saturated carbocycles. The van der Waals surface area contributed by atoms with E-state index in [2.05, 4.69) is 4.74 Å². The minimum atomic E-state index is -5.67. The van der Waals surface area contributed by atoms with E-state index in [9.17, 15) is 67.7 Å². The van der Waals surface area contributed by atoms with Crippen molar-refractivity contribution in [1.82, 2.24) is 0 Å². The lowest BCUT2D eigenvalue weighted by molar-refractivity contribution is -0.373. The minimum absolute atomic E-state index is 0.0915. The lowest BCUT2D eigenvalue weighted by atomic mass is 9.79. The fourth-order valence-electron chi connectivity index (χ4n) is 5.88. The Kier molecular flexibility index (Phi) is 14.7. The average molecular weight is 765 g/mol. The smallest absolute Gasteiger partial charge is 0.426 e. The van der Waals surface area contributed by atoms with Crippen LogP contribution in [-0.4, -0.2) is 58.7 Å². The molecule has 0 heterocycles. The second-order valence-electron chi connectivity index (χ2n) is 14.5. The standard InChI is InChI=1S/C16H20F6O2.C11H14F6O.C7H14O2/c1-5-9(2)10-6-11(13(3,23)15(17,18)19)8-12(7-10)14(4,24)16(20,21)22;12-10(13,14)9(18,11(15,16)17)5-8-4-6-1-2-7(8)3-6;1-5-7(2,3)6(8)9-4/h6-9,23-24H,5H2,1-4H3;6-8,18H,1-5H2;5H2,1-4H3. The van der Waals surface area contributed by atoms with E-state index in [-0.39, 0.29) is 34.7 Å². The quantitative estimate of drug-likeness (QED) is 0.181. The number of benzene rings is 1. The summed E-state index contributed by atoms with van der Waals surface area (Å²) in [6.45, 7) is 10.0. The largest absolute Gasteiger partial charge is 0.469 e. The Hall–Kier alpha value is -2.27. The van der Waals surface area contributed by atoms with E-state index in [4.69, 9.17) is 5.11 Å². The van der Waals surface area contributed by atoms with Gasteiger partial charge in [0.2, 0.25) is 0 Å². The first-order valence-corrected chi connectivity index (χ1v) is 16.3. The van der Waals surface area contributed by atoms with Crippen LogP contribution in [0.1, 0.15) is 116 Å². The third-order valence-electron chi connectivity index (χ3n) is 10.4. The van der Waals surface area contributed by atoms with Gasteiger partial charge in [-0.3, -0.25) is 4.79 Å². The number of halogens is 12. The van der Waals surface area contributed by atoms with Crippen LogP contribution >= 0.6 is 0 Å². The highest BCUT2D eigenvalue weighted by atomic mass is 19.4. The summed E-state index contributed by atoms with van der Waals surface area (Å²) in [5.74, 6) is -1.00. The summed E-state index contributed by atoms with van der Waals surface area (Å²) in [5.41, 5.74) is -12.9. The molecule has 6 atom stereocenters. The van der Waals surface area contributed by atoms with Gasteiger partial charge in [0.05, 0.1) is 12.5 Å². The van der Waals surface area contributed by atoms with Gasteiger partial charge in [-0.15, -0.1) is 0 Å². The zero-order chi connectivity index (χ0) is 40.4. The number of hydrogen-bond donors (Lipinski definition) is 3. The van der Waals surface area contributed by atoms with Crippen molar-refractivity contribution in [3.63, 3.8) is 0 Å². The van der Waals surface area contributed by atoms with Crippen molar-refractivity contribution in [3.8, 4) is 0 Å². The van der Waals surface area contributed by atoms with Crippen LogP contribution in [0.25, 0.3) is 0 Å². The van der Waals surface area contributed by atoms with Crippen molar-refractivity contribution >= 4 is 5.97 Å². The van der Waals surface area contributed by atoms with Crippen molar-refractivity contribution in [2.75, 3.05) is 7.11 Å². The summed E-state index contributed by atoms with van der Waals surface area (Å²) < 4.78 is 158. The number of esters is 1. The van der Waals surface area contributed by atoms with Crippen molar-refractivity contribution in [3.05, 3.63) is 34.9 Å². The molecule has 0 spiro atoms. The number of methoxy groups -OCH3 is 1. The van der Waals surface area contributed by atoms with Crippen LogP contribution in [-0.2, 0) is 20.7 Å². The van der Waals surface area contributed by atoms with Crippen molar-refractivity contribution in [2.45, 2.75) is 141 Å². The maximum atomic E-state index is 13.1. The SMILES string of the molecule is CCC(C)(C)C(=O)OC.CCC(C)c1cc(C(C)(O)C(F)(F)F)cc(C(C)(O)C(F)(F)F)c1.OC(CC1CC2CCC1C2)(C(F)(F)F)C(F)(F)F. The Morgan fingerprint density at radius 2 is 1.18 bits per heavy atom. The van der Waals surface area contributed by atoms with Crippen molar-refractivity contribution in [1.29, 1.82) is 0 Å². The number of carbonyl (C=O) groups excluding carboxylic acids is 1. The summed E-state index contributed by atoms with van der Waals surface area (Å²) in [4.78, 5) is 10.8. The van der Waals surface area contributed by atoms with Gasteiger partial charge in [0.25, 0.3) is 5.60 Å². The first kappa shape index (κ1) is 46.8.